The molecular weight excluding hydrogens is 318 g/mol. The van der Waals surface area contributed by atoms with Crippen molar-refractivity contribution in [1.29, 1.82) is 0 Å². The van der Waals surface area contributed by atoms with E-state index < -0.39 is 12.5 Å². The Hall–Kier alpha value is -1.99. The molecule has 2 atom stereocenters. The van der Waals surface area contributed by atoms with Gasteiger partial charge in [0.2, 0.25) is 5.95 Å². The number of hydrogen-bond donors (Lipinski definition) is 2. The molecule has 1 aliphatic heterocycles. The lowest BCUT2D eigenvalue weighted by Gasteiger charge is -2.33. The minimum atomic E-state index is -0.835. The Kier molecular flexibility index (Phi) is 5.65. The smallest absolute Gasteiger partial charge is 0.232 e. The van der Waals surface area contributed by atoms with Gasteiger partial charge < -0.3 is 15.1 Å². The fraction of sp³-hybridized carbons (Fsp3) is 0.611. The summed E-state index contributed by atoms with van der Waals surface area (Å²) in [7, 11) is 0. The molecule has 7 nitrogen and oxygen atoms in total. The number of aliphatic hydroxyl groups excluding tert-OH is 2. The van der Waals surface area contributed by atoms with Gasteiger partial charge in [-0.2, -0.15) is 4.98 Å². The Bertz CT molecular complexity index is 695. The van der Waals surface area contributed by atoms with E-state index in [2.05, 4.69) is 14.9 Å². The molecule has 2 N–H and O–H groups in total. The zero-order chi connectivity index (χ0) is 17.8. The summed E-state index contributed by atoms with van der Waals surface area (Å²) in [5.41, 5.74) is 1.50. The zero-order valence-corrected chi connectivity index (χ0v) is 15.0. The van der Waals surface area contributed by atoms with Gasteiger partial charge in [0.25, 0.3) is 0 Å². The molecule has 2 unspecified atom stereocenters. The van der Waals surface area contributed by atoms with Crippen molar-refractivity contribution in [2.45, 2.75) is 58.4 Å². The van der Waals surface area contributed by atoms with Crippen LogP contribution in [0.2, 0.25) is 0 Å². The lowest BCUT2D eigenvalue weighted by atomic mass is 10.1. The van der Waals surface area contributed by atoms with E-state index in [1.165, 1.54) is 11.3 Å². The van der Waals surface area contributed by atoms with Crippen LogP contribution in [0, 0.1) is 0 Å². The van der Waals surface area contributed by atoms with E-state index in [-0.39, 0.29) is 0 Å². The van der Waals surface area contributed by atoms with Crippen LogP contribution >= 0.6 is 0 Å². The van der Waals surface area contributed by atoms with Crippen LogP contribution in [0.5, 0.6) is 0 Å². The van der Waals surface area contributed by atoms with Crippen LogP contribution in [0.3, 0.4) is 0 Å². The van der Waals surface area contributed by atoms with Crippen molar-refractivity contribution in [3.63, 3.8) is 0 Å². The normalized spacial score (nSPS) is 17.5. The van der Waals surface area contributed by atoms with Crippen LogP contribution in [-0.4, -0.2) is 50.7 Å². The first-order chi connectivity index (χ1) is 12.2. The van der Waals surface area contributed by atoms with Crippen LogP contribution in [-0.2, 0) is 0 Å². The van der Waals surface area contributed by atoms with Crippen LogP contribution < -0.4 is 9.80 Å². The number of fused-ring (bicyclic) bond motifs is 1. The van der Waals surface area contributed by atoms with E-state index in [9.17, 15) is 10.2 Å². The van der Waals surface area contributed by atoms with Crippen molar-refractivity contribution < 1.29 is 10.2 Å². The average molecular weight is 345 g/mol. The van der Waals surface area contributed by atoms with E-state index >= 15 is 0 Å². The summed E-state index contributed by atoms with van der Waals surface area (Å²) in [6.45, 7) is 5.62. The monoisotopic (exact) mass is 345 g/mol. The minimum absolute atomic E-state index is 0.352. The standard InChI is InChI=1S/C18H27N5O2/c1-3-14(24)23(15(25)4-2)18-20-13-9-8-10-19-16(13)17(21-18)22-11-6-5-7-12-22/h8-10,14-15,24-25H,3-7,11-12H2,1-2H3. The molecule has 7 heteroatoms. The minimum Gasteiger partial charge on any atom is -0.373 e. The molecule has 1 saturated heterocycles. The predicted octanol–water partition coefficient (Wildman–Crippen LogP) is 2.28. The average Bonchev–Trinajstić information content (AvgIpc) is 2.67. The summed E-state index contributed by atoms with van der Waals surface area (Å²) < 4.78 is 0. The molecule has 0 radical (unpaired) electrons. The molecule has 2 aromatic rings. The first-order valence-electron chi connectivity index (χ1n) is 9.17. The van der Waals surface area contributed by atoms with Crippen molar-refractivity contribution in [3.05, 3.63) is 18.3 Å². The molecule has 0 spiro atoms. The van der Waals surface area contributed by atoms with Gasteiger partial charge in [0.15, 0.2) is 5.82 Å². The summed E-state index contributed by atoms with van der Waals surface area (Å²) in [5.74, 6) is 1.14. The van der Waals surface area contributed by atoms with Gasteiger partial charge >= 0.3 is 0 Å². The largest absolute Gasteiger partial charge is 0.373 e. The number of hydrogen-bond acceptors (Lipinski definition) is 7. The van der Waals surface area contributed by atoms with Crippen LogP contribution in [0.25, 0.3) is 11.0 Å². The predicted molar refractivity (Wildman–Crippen MR) is 98.5 cm³/mol. The van der Waals surface area contributed by atoms with E-state index in [4.69, 9.17) is 4.98 Å². The quantitative estimate of drug-likeness (QED) is 0.777. The second-order valence-electron chi connectivity index (χ2n) is 6.45. The highest BCUT2D eigenvalue weighted by molar-refractivity contribution is 5.86. The lowest BCUT2D eigenvalue weighted by Crippen LogP contribution is -2.44. The van der Waals surface area contributed by atoms with Crippen molar-refractivity contribution in [2.24, 2.45) is 0 Å². The molecule has 3 heterocycles. The van der Waals surface area contributed by atoms with Gasteiger partial charge in [-0.1, -0.05) is 13.8 Å². The Morgan fingerprint density at radius 2 is 1.76 bits per heavy atom. The highest BCUT2D eigenvalue weighted by atomic mass is 16.3. The van der Waals surface area contributed by atoms with Crippen molar-refractivity contribution in [3.8, 4) is 0 Å². The third kappa shape index (κ3) is 3.67. The molecule has 0 aromatic carbocycles. The Balaban J connectivity index is 2.11. The number of nitrogens with zero attached hydrogens (tertiary/aromatic N) is 5. The number of anilines is 2. The number of piperidine rings is 1. The van der Waals surface area contributed by atoms with Crippen LogP contribution in [0.1, 0.15) is 46.0 Å². The van der Waals surface area contributed by atoms with Gasteiger partial charge in [0.05, 0.1) is 5.52 Å². The van der Waals surface area contributed by atoms with E-state index in [0.29, 0.717) is 18.8 Å². The van der Waals surface area contributed by atoms with Crippen molar-refractivity contribution >= 4 is 22.8 Å². The number of rotatable bonds is 6. The first kappa shape index (κ1) is 17.8. The molecule has 25 heavy (non-hydrogen) atoms. The number of aliphatic hydroxyl groups is 2. The SMILES string of the molecule is CCC(O)N(c1nc(N2CCCCC2)c2ncccc2n1)C(O)CC. The summed E-state index contributed by atoms with van der Waals surface area (Å²) in [6.07, 6.45) is 4.53. The maximum Gasteiger partial charge on any atom is 0.232 e. The molecule has 3 rings (SSSR count). The number of pyridine rings is 1. The first-order valence-corrected chi connectivity index (χ1v) is 9.17. The highest BCUT2D eigenvalue weighted by Gasteiger charge is 2.26. The highest BCUT2D eigenvalue weighted by Crippen LogP contribution is 2.28. The molecule has 2 aromatic heterocycles. The molecule has 0 amide bonds. The summed E-state index contributed by atoms with van der Waals surface area (Å²) in [5, 5.41) is 20.8. The van der Waals surface area contributed by atoms with E-state index in [1.54, 1.807) is 6.20 Å². The van der Waals surface area contributed by atoms with Crippen LogP contribution in [0.15, 0.2) is 18.3 Å². The molecule has 1 fully saturated rings. The van der Waals surface area contributed by atoms with E-state index in [0.717, 1.165) is 42.8 Å². The van der Waals surface area contributed by atoms with Crippen molar-refractivity contribution in [1.82, 2.24) is 15.0 Å². The van der Waals surface area contributed by atoms with Gasteiger partial charge in [0, 0.05) is 19.3 Å². The van der Waals surface area contributed by atoms with Gasteiger partial charge in [-0.05, 0) is 44.2 Å². The zero-order valence-electron chi connectivity index (χ0n) is 15.0. The van der Waals surface area contributed by atoms with Gasteiger partial charge in [0.1, 0.15) is 18.0 Å². The van der Waals surface area contributed by atoms with Gasteiger partial charge in [-0.3, -0.25) is 9.88 Å². The molecular formula is C18H27N5O2. The third-order valence-corrected chi connectivity index (χ3v) is 4.68. The second kappa shape index (κ2) is 7.93. The fourth-order valence-corrected chi connectivity index (χ4v) is 3.24. The molecule has 0 bridgehead atoms. The summed E-state index contributed by atoms with van der Waals surface area (Å²) in [4.78, 5) is 17.5. The molecule has 1 aliphatic rings. The maximum atomic E-state index is 10.4. The number of aromatic nitrogens is 3. The third-order valence-electron chi connectivity index (χ3n) is 4.68. The van der Waals surface area contributed by atoms with Crippen molar-refractivity contribution in [2.75, 3.05) is 22.9 Å². The van der Waals surface area contributed by atoms with Crippen LogP contribution in [0.4, 0.5) is 11.8 Å². The maximum absolute atomic E-state index is 10.4. The fourth-order valence-electron chi connectivity index (χ4n) is 3.24. The van der Waals surface area contributed by atoms with E-state index in [1.807, 2.05) is 26.0 Å². The summed E-state index contributed by atoms with van der Waals surface area (Å²) >= 11 is 0. The Morgan fingerprint density at radius 1 is 1.08 bits per heavy atom. The molecule has 0 aliphatic carbocycles. The Labute approximate surface area is 148 Å². The second-order valence-corrected chi connectivity index (χ2v) is 6.45. The Morgan fingerprint density at radius 3 is 2.40 bits per heavy atom. The van der Waals surface area contributed by atoms with Gasteiger partial charge in [-0.25, -0.2) is 4.98 Å². The van der Waals surface area contributed by atoms with Gasteiger partial charge in [-0.15, -0.1) is 0 Å². The molecule has 0 saturated carbocycles. The topological polar surface area (TPSA) is 85.6 Å². The lowest BCUT2D eigenvalue weighted by molar-refractivity contribution is 0.0778. The molecule has 136 valence electrons. The summed E-state index contributed by atoms with van der Waals surface area (Å²) in [6, 6.07) is 3.74.